The second-order valence-corrected chi connectivity index (χ2v) is 11.4. The molecule has 4 rings (SSSR count). The van der Waals surface area contributed by atoms with E-state index >= 15 is 0 Å². The predicted octanol–water partition coefficient (Wildman–Crippen LogP) is 3.05. The van der Waals surface area contributed by atoms with Gasteiger partial charge in [0, 0.05) is 31.7 Å². The highest BCUT2D eigenvalue weighted by Gasteiger charge is 2.32. The van der Waals surface area contributed by atoms with Gasteiger partial charge >= 0.3 is 5.76 Å². The van der Waals surface area contributed by atoms with Crippen LogP contribution >= 0.6 is 0 Å². The van der Waals surface area contributed by atoms with E-state index in [1.165, 1.54) is 21.0 Å². The van der Waals surface area contributed by atoms with Crippen molar-refractivity contribution in [1.29, 1.82) is 0 Å². The minimum absolute atomic E-state index is 0.102. The fraction of sp³-hybridized carbons (Fsp3) is 0.652. The summed E-state index contributed by atoms with van der Waals surface area (Å²) in [6, 6.07) is 4.70. The van der Waals surface area contributed by atoms with Gasteiger partial charge in [-0.1, -0.05) is 20.8 Å². The molecule has 32 heavy (non-hydrogen) atoms. The van der Waals surface area contributed by atoms with Crippen LogP contribution in [0.15, 0.2) is 32.3 Å². The van der Waals surface area contributed by atoms with Gasteiger partial charge in [-0.15, -0.1) is 0 Å². The van der Waals surface area contributed by atoms with Gasteiger partial charge in [0.2, 0.25) is 15.9 Å². The van der Waals surface area contributed by atoms with E-state index in [4.69, 9.17) is 4.42 Å². The maximum atomic E-state index is 13.2. The molecule has 3 unspecified atom stereocenters. The Morgan fingerprint density at radius 2 is 1.88 bits per heavy atom. The number of hydrogen-bond donors (Lipinski definition) is 0. The van der Waals surface area contributed by atoms with Crippen molar-refractivity contribution in [3.63, 3.8) is 0 Å². The first-order chi connectivity index (χ1) is 15.2. The largest absolute Gasteiger partial charge is 0.420 e. The number of carbonyl (C=O) groups excluding carboxylic acids is 1. The number of oxazole rings is 1. The molecule has 2 saturated heterocycles. The molecule has 0 saturated carbocycles. The number of rotatable bonds is 5. The van der Waals surface area contributed by atoms with Crippen LogP contribution < -0.4 is 5.76 Å². The summed E-state index contributed by atoms with van der Waals surface area (Å²) in [5.74, 6) is -0.157. The molecule has 9 heteroatoms. The molecule has 0 spiro atoms. The van der Waals surface area contributed by atoms with Crippen molar-refractivity contribution in [2.24, 2.45) is 11.8 Å². The van der Waals surface area contributed by atoms with Crippen LogP contribution in [0.1, 0.15) is 52.9 Å². The maximum Gasteiger partial charge on any atom is 0.420 e. The summed E-state index contributed by atoms with van der Waals surface area (Å²) in [4.78, 5) is 27.4. The Morgan fingerprint density at radius 1 is 1.16 bits per heavy atom. The molecule has 0 bridgehead atoms. The molecule has 1 aromatic heterocycles. The summed E-state index contributed by atoms with van der Waals surface area (Å²) in [6.45, 7) is 7.76. The average Bonchev–Trinajstić information content (AvgIpc) is 3.07. The second-order valence-electron chi connectivity index (χ2n) is 9.50. The molecule has 2 aliphatic heterocycles. The van der Waals surface area contributed by atoms with Crippen LogP contribution in [0.5, 0.6) is 0 Å². The van der Waals surface area contributed by atoms with Gasteiger partial charge in [0.15, 0.2) is 5.58 Å². The molecule has 8 nitrogen and oxygen atoms in total. The molecule has 2 aromatic rings. The number of piperidine rings is 2. The van der Waals surface area contributed by atoms with Crippen molar-refractivity contribution in [1.82, 2.24) is 13.8 Å². The number of carbonyl (C=O) groups is 1. The van der Waals surface area contributed by atoms with E-state index in [9.17, 15) is 18.0 Å². The average molecular weight is 464 g/mol. The maximum absolute atomic E-state index is 13.2. The monoisotopic (exact) mass is 463 g/mol. The molecule has 176 valence electrons. The summed E-state index contributed by atoms with van der Waals surface area (Å²) in [6.07, 6.45) is 4.97. The molecule has 3 atom stereocenters. The van der Waals surface area contributed by atoms with Crippen LogP contribution in [0.25, 0.3) is 11.1 Å². The van der Waals surface area contributed by atoms with E-state index in [-0.39, 0.29) is 29.0 Å². The zero-order valence-electron chi connectivity index (χ0n) is 19.1. The van der Waals surface area contributed by atoms with E-state index in [2.05, 4.69) is 20.8 Å². The Morgan fingerprint density at radius 3 is 2.56 bits per heavy atom. The highest BCUT2D eigenvalue weighted by atomic mass is 32.2. The Hall–Kier alpha value is -2.13. The highest BCUT2D eigenvalue weighted by Crippen LogP contribution is 2.28. The van der Waals surface area contributed by atoms with E-state index in [0.717, 1.165) is 32.1 Å². The van der Waals surface area contributed by atoms with Gasteiger partial charge in [-0.05, 0) is 56.1 Å². The van der Waals surface area contributed by atoms with Crippen LogP contribution in [0.3, 0.4) is 0 Å². The van der Waals surface area contributed by atoms with Crippen LogP contribution in [-0.4, -0.2) is 53.8 Å². The molecule has 2 aliphatic rings. The molecular formula is C23H33N3O5S. The zero-order chi connectivity index (χ0) is 23.0. The fourth-order valence-electron chi connectivity index (χ4n) is 5.29. The van der Waals surface area contributed by atoms with Gasteiger partial charge in [-0.25, -0.2) is 13.2 Å². The molecule has 0 radical (unpaired) electrons. The second kappa shape index (κ2) is 9.02. The first-order valence-electron chi connectivity index (χ1n) is 11.6. The first-order valence-corrected chi connectivity index (χ1v) is 13.1. The number of nitrogens with zero attached hydrogens (tertiary/aromatic N) is 3. The third-order valence-electron chi connectivity index (χ3n) is 6.82. The summed E-state index contributed by atoms with van der Waals surface area (Å²) < 4.78 is 34.6. The minimum Gasteiger partial charge on any atom is -0.408 e. The number of fused-ring (bicyclic) bond motifs is 1. The van der Waals surface area contributed by atoms with E-state index < -0.39 is 15.8 Å². The Kier molecular flexibility index (Phi) is 6.49. The fourth-order valence-corrected chi connectivity index (χ4v) is 6.98. The van der Waals surface area contributed by atoms with Crippen molar-refractivity contribution >= 4 is 27.0 Å². The molecule has 2 fully saturated rings. The molecule has 0 N–H and O–H groups in total. The Bertz CT molecular complexity index is 1140. The third kappa shape index (κ3) is 4.37. The van der Waals surface area contributed by atoms with Gasteiger partial charge in [-0.2, -0.15) is 4.31 Å². The molecule has 1 amide bonds. The Labute approximate surface area is 189 Å². The lowest BCUT2D eigenvalue weighted by atomic mass is 9.94. The van der Waals surface area contributed by atoms with Gasteiger partial charge in [0.25, 0.3) is 0 Å². The summed E-state index contributed by atoms with van der Waals surface area (Å²) in [7, 11) is -3.69. The number of benzene rings is 1. The molecular weight excluding hydrogens is 430 g/mol. The van der Waals surface area contributed by atoms with E-state index in [1.54, 1.807) is 6.07 Å². The van der Waals surface area contributed by atoms with E-state index in [0.29, 0.717) is 37.0 Å². The van der Waals surface area contributed by atoms with Crippen LogP contribution in [0.2, 0.25) is 0 Å². The quantitative estimate of drug-likeness (QED) is 0.679. The van der Waals surface area contributed by atoms with Crippen LogP contribution in [0.4, 0.5) is 0 Å². The zero-order valence-corrected chi connectivity index (χ0v) is 19.9. The number of amides is 1. The molecule has 3 heterocycles. The lowest BCUT2D eigenvalue weighted by molar-refractivity contribution is -0.135. The topological polar surface area (TPSA) is 92.8 Å². The summed E-state index contributed by atoms with van der Waals surface area (Å²) in [5.41, 5.74) is 0.625. The lowest BCUT2D eigenvalue weighted by Gasteiger charge is -2.35. The smallest absolute Gasteiger partial charge is 0.408 e. The SMILES string of the molecule is CCC1CCCCN1C(=O)Cn1c(=O)oc2cc(S(=O)(=O)N3CC(C)CC(C)C3)ccc21. The van der Waals surface area contributed by atoms with Gasteiger partial charge in [-0.3, -0.25) is 9.36 Å². The highest BCUT2D eigenvalue weighted by molar-refractivity contribution is 7.89. The van der Waals surface area contributed by atoms with E-state index in [1.807, 2.05) is 4.90 Å². The van der Waals surface area contributed by atoms with Gasteiger partial charge in [0.1, 0.15) is 6.54 Å². The minimum atomic E-state index is -3.69. The van der Waals surface area contributed by atoms with Crippen molar-refractivity contribution in [2.75, 3.05) is 19.6 Å². The normalized spacial score (nSPS) is 25.3. The van der Waals surface area contributed by atoms with Gasteiger partial charge < -0.3 is 9.32 Å². The molecule has 0 aliphatic carbocycles. The summed E-state index contributed by atoms with van der Waals surface area (Å²) >= 11 is 0. The number of hydrogen-bond acceptors (Lipinski definition) is 5. The van der Waals surface area contributed by atoms with Crippen molar-refractivity contribution in [3.05, 3.63) is 28.7 Å². The number of likely N-dealkylation sites (tertiary alicyclic amines) is 1. The summed E-state index contributed by atoms with van der Waals surface area (Å²) in [5, 5.41) is 0. The first kappa shape index (κ1) is 23.0. The van der Waals surface area contributed by atoms with Crippen molar-refractivity contribution in [2.45, 2.75) is 70.4 Å². The third-order valence-corrected chi connectivity index (χ3v) is 8.65. The number of sulfonamides is 1. The molecule has 1 aromatic carbocycles. The predicted molar refractivity (Wildman–Crippen MR) is 122 cm³/mol. The van der Waals surface area contributed by atoms with Gasteiger partial charge in [0.05, 0.1) is 10.4 Å². The van der Waals surface area contributed by atoms with Crippen molar-refractivity contribution < 1.29 is 17.6 Å². The van der Waals surface area contributed by atoms with Crippen LogP contribution in [-0.2, 0) is 21.4 Å². The Balaban J connectivity index is 1.60. The standard InChI is InChI=1S/C23H33N3O5S/c1-4-18-7-5-6-10-25(18)22(27)15-26-20-9-8-19(12-21(20)31-23(26)28)32(29,30)24-13-16(2)11-17(3)14-24/h8-9,12,16-18H,4-7,10-11,13-15H2,1-3H3. The van der Waals surface area contributed by atoms with Crippen molar-refractivity contribution in [3.8, 4) is 0 Å². The lowest BCUT2D eigenvalue weighted by Crippen LogP contribution is -2.45. The number of aromatic nitrogens is 1. The van der Waals surface area contributed by atoms with Crippen LogP contribution in [0, 0.1) is 11.8 Å².